The number of rotatable bonds is 8. The average molecular weight is 478 g/mol. The Kier molecular flexibility index (Phi) is 7.86. The maximum absolute atomic E-state index is 13.9. The number of piperidine rings is 1. The van der Waals surface area contributed by atoms with Crippen LogP contribution in [0.2, 0.25) is 10.0 Å². The highest BCUT2D eigenvalue weighted by atomic mass is 35.5. The molecule has 0 saturated carbocycles. The number of benzene rings is 2. The maximum Gasteiger partial charge on any atom is 0.304 e. The van der Waals surface area contributed by atoms with E-state index in [1.807, 2.05) is 60.4 Å². The molecule has 1 aliphatic heterocycles. The zero-order valence-electron chi connectivity index (χ0n) is 18.6. The molecule has 0 radical (unpaired) electrons. The Morgan fingerprint density at radius 1 is 1.19 bits per heavy atom. The fourth-order valence-electron chi connectivity index (χ4n) is 4.87. The molecule has 0 unspecified atom stereocenters. The van der Waals surface area contributed by atoms with Crippen LogP contribution in [0.1, 0.15) is 56.2 Å². The third-order valence-electron chi connectivity index (χ3n) is 6.36. The number of nitrogens with zero attached hydrogens (tertiary/aromatic N) is 1. The smallest absolute Gasteiger partial charge is 0.304 e. The summed E-state index contributed by atoms with van der Waals surface area (Å²) in [5.74, 6) is -1.31. The number of carbonyl (C=O) groups excluding carboxylic acids is 1. The molecule has 32 heavy (non-hydrogen) atoms. The van der Waals surface area contributed by atoms with Crippen molar-refractivity contribution >= 4 is 35.1 Å². The molecule has 0 aromatic heterocycles. The number of ether oxygens (including phenoxy) is 1. The van der Waals surface area contributed by atoms with E-state index in [2.05, 4.69) is 0 Å². The molecule has 0 spiro atoms. The first-order valence-electron chi connectivity index (χ1n) is 10.7. The van der Waals surface area contributed by atoms with Crippen LogP contribution in [-0.2, 0) is 14.3 Å². The van der Waals surface area contributed by atoms with Crippen molar-refractivity contribution in [3.05, 3.63) is 69.7 Å². The molecule has 1 heterocycles. The quantitative estimate of drug-likeness (QED) is 0.509. The van der Waals surface area contributed by atoms with Crippen molar-refractivity contribution in [2.45, 2.75) is 51.1 Å². The predicted molar refractivity (Wildman–Crippen MR) is 126 cm³/mol. The lowest BCUT2D eigenvalue weighted by Gasteiger charge is -2.51. The minimum absolute atomic E-state index is 0.150. The van der Waals surface area contributed by atoms with Gasteiger partial charge in [0.2, 0.25) is 5.91 Å². The summed E-state index contributed by atoms with van der Waals surface area (Å²) in [4.78, 5) is 27.5. The number of halogens is 2. The second-order valence-electron chi connectivity index (χ2n) is 8.72. The third kappa shape index (κ3) is 5.11. The number of carboxylic acid groups (broad SMARTS) is 1. The van der Waals surface area contributed by atoms with Gasteiger partial charge in [0.25, 0.3) is 0 Å². The molecule has 0 bridgehead atoms. The van der Waals surface area contributed by atoms with Crippen LogP contribution >= 0.6 is 23.2 Å². The fraction of sp³-hybridized carbons (Fsp3) is 0.440. The lowest BCUT2D eigenvalue weighted by atomic mass is 9.67. The maximum atomic E-state index is 13.9. The molecular formula is C25H29Cl2NO4. The molecule has 3 rings (SSSR count). The lowest BCUT2D eigenvalue weighted by molar-refractivity contribution is -0.162. The van der Waals surface area contributed by atoms with Gasteiger partial charge in [-0.2, -0.15) is 0 Å². The van der Waals surface area contributed by atoms with Crippen molar-refractivity contribution in [2.24, 2.45) is 5.41 Å². The third-order valence-corrected chi connectivity index (χ3v) is 6.84. The highest BCUT2D eigenvalue weighted by molar-refractivity contribution is 6.30. The summed E-state index contributed by atoms with van der Waals surface area (Å²) in [6.07, 6.45) is 0.830. The lowest BCUT2D eigenvalue weighted by Crippen LogP contribution is -2.57. The van der Waals surface area contributed by atoms with E-state index in [1.54, 1.807) is 14.0 Å². The zero-order chi connectivity index (χ0) is 23.5. The molecule has 1 N–H and O–H groups in total. The molecule has 1 fully saturated rings. The molecule has 2 aromatic carbocycles. The minimum atomic E-state index is -1.05. The monoisotopic (exact) mass is 477 g/mol. The molecule has 2 aromatic rings. The van der Waals surface area contributed by atoms with Crippen LogP contribution in [0.4, 0.5) is 0 Å². The van der Waals surface area contributed by atoms with Gasteiger partial charge in [-0.3, -0.25) is 9.59 Å². The molecule has 1 saturated heterocycles. The van der Waals surface area contributed by atoms with Crippen molar-refractivity contribution in [1.82, 2.24) is 4.90 Å². The van der Waals surface area contributed by atoms with E-state index >= 15 is 0 Å². The van der Waals surface area contributed by atoms with Gasteiger partial charge in [-0.1, -0.05) is 61.3 Å². The number of likely N-dealkylation sites (tertiary alicyclic amines) is 1. The summed E-state index contributed by atoms with van der Waals surface area (Å²) in [6, 6.07) is 14.6. The average Bonchev–Trinajstić information content (AvgIpc) is 2.74. The Morgan fingerprint density at radius 2 is 1.88 bits per heavy atom. The molecule has 5 nitrogen and oxygen atoms in total. The van der Waals surface area contributed by atoms with E-state index in [-0.39, 0.29) is 30.3 Å². The largest absolute Gasteiger partial charge is 0.481 e. The SMILES string of the molecule is CC[C@@H](COC)N1C(=O)[C@@](C)(CC(=O)O)C[C@H](c2cccc(Cl)c2)[C@H]1c1ccc(Cl)cc1. The summed E-state index contributed by atoms with van der Waals surface area (Å²) in [5.41, 5.74) is 0.863. The van der Waals surface area contributed by atoms with E-state index in [0.717, 1.165) is 11.1 Å². The zero-order valence-corrected chi connectivity index (χ0v) is 20.1. The Morgan fingerprint density at radius 3 is 2.44 bits per heavy atom. The van der Waals surface area contributed by atoms with Crippen LogP contribution in [0.15, 0.2) is 48.5 Å². The van der Waals surface area contributed by atoms with Crippen LogP contribution in [0, 0.1) is 5.41 Å². The van der Waals surface area contributed by atoms with Gasteiger partial charge in [0.1, 0.15) is 0 Å². The minimum Gasteiger partial charge on any atom is -0.481 e. The number of carboxylic acids is 1. The standard InChI is InChI=1S/C25H29Cl2NO4/c1-4-20(15-32-3)28-23(16-8-10-18(26)11-9-16)21(17-6-5-7-19(27)12-17)13-25(2,24(28)31)14-22(29)30/h5-12,20-21,23H,4,13-15H2,1-3H3,(H,29,30)/t20-,21+,23+,25+/m0/s1. The first-order valence-corrected chi connectivity index (χ1v) is 11.5. The van der Waals surface area contributed by atoms with Crippen LogP contribution in [-0.4, -0.2) is 41.6 Å². The normalized spacial score (nSPS) is 24.4. The van der Waals surface area contributed by atoms with Crippen molar-refractivity contribution < 1.29 is 19.4 Å². The highest BCUT2D eigenvalue weighted by Gasteiger charge is 2.52. The Labute approximate surface area is 199 Å². The second-order valence-corrected chi connectivity index (χ2v) is 9.60. The number of hydrogen-bond donors (Lipinski definition) is 1. The fourth-order valence-corrected chi connectivity index (χ4v) is 5.19. The number of hydrogen-bond acceptors (Lipinski definition) is 3. The number of methoxy groups -OCH3 is 1. The van der Waals surface area contributed by atoms with E-state index in [1.165, 1.54) is 0 Å². The number of aliphatic carboxylic acids is 1. The van der Waals surface area contributed by atoms with Gasteiger partial charge in [-0.05, 0) is 48.2 Å². The molecule has 1 amide bonds. The van der Waals surface area contributed by atoms with E-state index < -0.39 is 11.4 Å². The molecular weight excluding hydrogens is 449 g/mol. The van der Waals surface area contributed by atoms with Gasteiger partial charge in [0, 0.05) is 23.1 Å². The first kappa shape index (κ1) is 24.6. The highest BCUT2D eigenvalue weighted by Crippen LogP contribution is 2.52. The van der Waals surface area contributed by atoms with E-state index in [4.69, 9.17) is 27.9 Å². The van der Waals surface area contributed by atoms with Gasteiger partial charge in [-0.25, -0.2) is 0 Å². The van der Waals surface area contributed by atoms with Crippen molar-refractivity contribution in [1.29, 1.82) is 0 Å². The first-order chi connectivity index (χ1) is 15.2. The number of carbonyl (C=O) groups is 2. The molecule has 1 aliphatic rings. The topological polar surface area (TPSA) is 66.8 Å². The Balaban J connectivity index is 2.22. The van der Waals surface area contributed by atoms with E-state index in [0.29, 0.717) is 29.5 Å². The molecule has 172 valence electrons. The van der Waals surface area contributed by atoms with E-state index in [9.17, 15) is 14.7 Å². The van der Waals surface area contributed by atoms with Crippen LogP contribution in [0.3, 0.4) is 0 Å². The Hall–Kier alpha value is -2.08. The van der Waals surface area contributed by atoms with Gasteiger partial charge in [-0.15, -0.1) is 0 Å². The molecule has 0 aliphatic carbocycles. The van der Waals surface area contributed by atoms with Gasteiger partial charge >= 0.3 is 5.97 Å². The van der Waals surface area contributed by atoms with Crippen LogP contribution in [0.25, 0.3) is 0 Å². The summed E-state index contributed by atoms with van der Waals surface area (Å²) < 4.78 is 5.46. The second kappa shape index (κ2) is 10.2. The predicted octanol–water partition coefficient (Wildman–Crippen LogP) is 5.96. The van der Waals surface area contributed by atoms with Gasteiger partial charge < -0.3 is 14.7 Å². The molecule has 4 atom stereocenters. The molecule has 7 heteroatoms. The summed E-state index contributed by atoms with van der Waals surface area (Å²) in [7, 11) is 1.61. The van der Waals surface area contributed by atoms with Crippen molar-refractivity contribution in [2.75, 3.05) is 13.7 Å². The van der Waals surface area contributed by atoms with Crippen molar-refractivity contribution in [3.63, 3.8) is 0 Å². The summed E-state index contributed by atoms with van der Waals surface area (Å²) in [6.45, 7) is 4.12. The van der Waals surface area contributed by atoms with Gasteiger partial charge in [0.05, 0.1) is 30.5 Å². The van der Waals surface area contributed by atoms with Crippen LogP contribution < -0.4 is 0 Å². The van der Waals surface area contributed by atoms with Crippen molar-refractivity contribution in [3.8, 4) is 0 Å². The van der Waals surface area contributed by atoms with Gasteiger partial charge in [0.15, 0.2) is 0 Å². The Bertz CT molecular complexity index is 965. The summed E-state index contributed by atoms with van der Waals surface area (Å²) >= 11 is 12.5. The van der Waals surface area contributed by atoms with Crippen LogP contribution in [0.5, 0.6) is 0 Å². The number of amides is 1. The summed E-state index contributed by atoms with van der Waals surface area (Å²) in [5, 5.41) is 10.8.